The normalized spacial score (nSPS) is 18.2. The summed E-state index contributed by atoms with van der Waals surface area (Å²) in [5.41, 5.74) is -0.0338. The predicted octanol–water partition coefficient (Wildman–Crippen LogP) is 1.23. The molecular formula is C13H23ClN4O2S. The molecule has 0 radical (unpaired) electrons. The molecular weight excluding hydrogens is 312 g/mol. The highest BCUT2D eigenvalue weighted by molar-refractivity contribution is 7.89. The molecule has 0 aliphatic heterocycles. The Balaban J connectivity index is 2.14. The van der Waals surface area contributed by atoms with Crippen LogP contribution in [-0.4, -0.2) is 66.5 Å². The van der Waals surface area contributed by atoms with E-state index in [-0.39, 0.29) is 10.4 Å². The fraction of sp³-hybridized carbons (Fsp3) is 0.769. The molecule has 1 aliphatic rings. The molecule has 120 valence electrons. The molecule has 0 saturated heterocycles. The van der Waals surface area contributed by atoms with Gasteiger partial charge in [-0.1, -0.05) is 0 Å². The van der Waals surface area contributed by atoms with Gasteiger partial charge in [0.25, 0.3) is 0 Å². The fourth-order valence-electron chi connectivity index (χ4n) is 2.70. The van der Waals surface area contributed by atoms with E-state index >= 15 is 0 Å². The summed E-state index contributed by atoms with van der Waals surface area (Å²) in [6, 6.07) is 0. The summed E-state index contributed by atoms with van der Waals surface area (Å²) in [5, 5.41) is 4.04. The summed E-state index contributed by atoms with van der Waals surface area (Å²) in [7, 11) is 2.16. The number of halogens is 1. The van der Waals surface area contributed by atoms with E-state index in [4.69, 9.17) is 11.6 Å². The first kappa shape index (κ1) is 16.7. The maximum absolute atomic E-state index is 12.6. The Kier molecular flexibility index (Phi) is 4.97. The van der Waals surface area contributed by atoms with E-state index in [1.54, 1.807) is 11.7 Å². The first-order valence-electron chi connectivity index (χ1n) is 7.04. The maximum Gasteiger partial charge on any atom is 0.246 e. The van der Waals surface area contributed by atoms with Gasteiger partial charge in [-0.25, -0.2) is 8.42 Å². The fourth-order valence-corrected chi connectivity index (χ4v) is 4.08. The Morgan fingerprint density at radius 3 is 2.52 bits per heavy atom. The minimum Gasteiger partial charge on any atom is -0.302 e. The number of hydrogen-bond donors (Lipinski definition) is 0. The average molecular weight is 335 g/mol. The average Bonchev–Trinajstić information content (AvgIpc) is 2.82. The van der Waals surface area contributed by atoms with Gasteiger partial charge in [-0.15, -0.1) is 11.6 Å². The van der Waals surface area contributed by atoms with Crippen molar-refractivity contribution in [3.63, 3.8) is 0 Å². The van der Waals surface area contributed by atoms with E-state index in [9.17, 15) is 8.42 Å². The van der Waals surface area contributed by atoms with Gasteiger partial charge in [0.15, 0.2) is 0 Å². The van der Waals surface area contributed by atoms with E-state index in [2.05, 4.69) is 10.00 Å². The zero-order valence-electron chi connectivity index (χ0n) is 12.8. The molecule has 0 aromatic carbocycles. The predicted molar refractivity (Wildman–Crippen MR) is 83.0 cm³/mol. The summed E-state index contributed by atoms with van der Waals surface area (Å²) >= 11 is 5.64. The van der Waals surface area contributed by atoms with Crippen molar-refractivity contribution < 1.29 is 8.42 Å². The van der Waals surface area contributed by atoms with Gasteiger partial charge < -0.3 is 4.90 Å². The topological polar surface area (TPSA) is 58.4 Å². The van der Waals surface area contributed by atoms with Gasteiger partial charge in [0.05, 0.1) is 12.7 Å². The van der Waals surface area contributed by atoms with Gasteiger partial charge in [-0.2, -0.15) is 9.40 Å². The van der Waals surface area contributed by atoms with Crippen LogP contribution < -0.4 is 0 Å². The molecule has 0 bridgehead atoms. The molecule has 1 heterocycles. The van der Waals surface area contributed by atoms with Crippen LogP contribution in [0.3, 0.4) is 0 Å². The van der Waals surface area contributed by atoms with Crippen molar-refractivity contribution in [1.29, 1.82) is 0 Å². The molecule has 8 heteroatoms. The van der Waals surface area contributed by atoms with Crippen molar-refractivity contribution in [3.8, 4) is 0 Å². The van der Waals surface area contributed by atoms with Gasteiger partial charge in [-0.3, -0.25) is 4.68 Å². The van der Waals surface area contributed by atoms with Crippen molar-refractivity contribution in [2.75, 3.05) is 33.6 Å². The number of aryl methyl sites for hydroxylation is 1. The number of alkyl halides is 1. The van der Waals surface area contributed by atoms with Crippen molar-refractivity contribution in [3.05, 3.63) is 12.4 Å². The second kappa shape index (κ2) is 6.24. The van der Waals surface area contributed by atoms with Crippen LogP contribution >= 0.6 is 11.6 Å². The molecule has 1 aromatic heterocycles. The summed E-state index contributed by atoms with van der Waals surface area (Å²) in [6.07, 6.45) is 6.15. The molecule has 0 atom stereocenters. The van der Waals surface area contributed by atoms with E-state index < -0.39 is 10.0 Å². The molecule has 0 unspecified atom stereocenters. The molecule has 0 amide bonds. The van der Waals surface area contributed by atoms with E-state index in [0.717, 1.165) is 19.3 Å². The second-order valence-electron chi connectivity index (χ2n) is 5.86. The van der Waals surface area contributed by atoms with Crippen LogP contribution in [-0.2, 0) is 16.6 Å². The summed E-state index contributed by atoms with van der Waals surface area (Å²) < 4.78 is 28.2. The van der Waals surface area contributed by atoms with Crippen molar-refractivity contribution >= 4 is 21.6 Å². The Morgan fingerprint density at radius 1 is 1.38 bits per heavy atom. The summed E-state index contributed by atoms with van der Waals surface area (Å²) in [4.78, 5) is 2.36. The summed E-state index contributed by atoms with van der Waals surface area (Å²) in [5.74, 6) is 0.404. The zero-order chi connectivity index (χ0) is 15.7. The molecule has 0 N–H and O–H groups in total. The quantitative estimate of drug-likeness (QED) is 0.704. The molecule has 6 nitrogen and oxygen atoms in total. The van der Waals surface area contributed by atoms with E-state index in [0.29, 0.717) is 19.0 Å². The van der Waals surface area contributed by atoms with Gasteiger partial charge in [-0.05, 0) is 33.4 Å². The van der Waals surface area contributed by atoms with Crippen LogP contribution in [0, 0.1) is 0 Å². The first-order valence-corrected chi connectivity index (χ1v) is 9.01. The molecule has 1 saturated carbocycles. The molecule has 21 heavy (non-hydrogen) atoms. The standard InChI is InChI=1S/C13H23ClN4O2S/c1-16(2)13(5-4-6-13)11-17(3)21(19,20)12-9-15-18(10-12)8-7-14/h9-10H,4-8,11H2,1-3H3. The highest BCUT2D eigenvalue weighted by Crippen LogP contribution is 2.37. The maximum atomic E-state index is 12.6. The van der Waals surface area contributed by atoms with E-state index in [1.165, 1.54) is 16.7 Å². The Bertz CT molecular complexity index is 581. The number of aromatic nitrogens is 2. The lowest BCUT2D eigenvalue weighted by Crippen LogP contribution is -2.57. The van der Waals surface area contributed by atoms with Gasteiger partial charge in [0.1, 0.15) is 4.90 Å². The number of hydrogen-bond acceptors (Lipinski definition) is 4. The van der Waals surface area contributed by atoms with Crippen LogP contribution in [0.2, 0.25) is 0 Å². The van der Waals surface area contributed by atoms with Gasteiger partial charge >= 0.3 is 0 Å². The molecule has 1 aromatic rings. The third-order valence-corrected chi connectivity index (χ3v) is 6.31. The van der Waals surface area contributed by atoms with Crippen LogP contribution in [0.15, 0.2) is 17.3 Å². The second-order valence-corrected chi connectivity index (χ2v) is 8.28. The SMILES string of the molecule is CN(C)C1(CN(C)S(=O)(=O)c2cnn(CCCl)c2)CCC1. The minimum absolute atomic E-state index is 0.0338. The van der Waals surface area contributed by atoms with E-state index in [1.807, 2.05) is 14.1 Å². The third kappa shape index (κ3) is 3.26. The third-order valence-electron chi connectivity index (χ3n) is 4.38. The highest BCUT2D eigenvalue weighted by atomic mass is 35.5. The Morgan fingerprint density at radius 2 is 2.05 bits per heavy atom. The first-order chi connectivity index (χ1) is 9.82. The lowest BCUT2D eigenvalue weighted by Gasteiger charge is -2.48. The lowest BCUT2D eigenvalue weighted by atomic mass is 9.75. The van der Waals surface area contributed by atoms with Crippen molar-refractivity contribution in [2.45, 2.75) is 36.2 Å². The van der Waals surface area contributed by atoms with Gasteiger partial charge in [0, 0.05) is 31.2 Å². The van der Waals surface area contributed by atoms with Crippen molar-refractivity contribution in [1.82, 2.24) is 19.0 Å². The summed E-state index contributed by atoms with van der Waals surface area (Å²) in [6.45, 7) is 1.01. The van der Waals surface area contributed by atoms with Crippen LogP contribution in [0.4, 0.5) is 0 Å². The smallest absolute Gasteiger partial charge is 0.246 e. The van der Waals surface area contributed by atoms with Crippen LogP contribution in [0.1, 0.15) is 19.3 Å². The number of likely N-dealkylation sites (N-methyl/N-ethyl adjacent to an activating group) is 2. The lowest BCUT2D eigenvalue weighted by molar-refractivity contribution is 0.0455. The number of sulfonamides is 1. The monoisotopic (exact) mass is 334 g/mol. The molecule has 1 aliphatic carbocycles. The zero-order valence-corrected chi connectivity index (χ0v) is 14.4. The van der Waals surface area contributed by atoms with Gasteiger partial charge in [0.2, 0.25) is 10.0 Å². The molecule has 1 fully saturated rings. The minimum atomic E-state index is -3.50. The number of rotatable bonds is 7. The largest absolute Gasteiger partial charge is 0.302 e. The van der Waals surface area contributed by atoms with Crippen LogP contribution in [0.25, 0.3) is 0 Å². The Labute approximate surface area is 131 Å². The Hall–Kier alpha value is -0.630. The molecule has 2 rings (SSSR count). The van der Waals surface area contributed by atoms with Crippen molar-refractivity contribution in [2.24, 2.45) is 0 Å². The number of nitrogens with zero attached hydrogens (tertiary/aromatic N) is 4. The highest BCUT2D eigenvalue weighted by Gasteiger charge is 2.42. The van der Waals surface area contributed by atoms with Crippen LogP contribution in [0.5, 0.6) is 0 Å². The molecule has 0 spiro atoms.